The highest BCUT2D eigenvalue weighted by Gasteiger charge is 2.20. The van der Waals surface area contributed by atoms with Crippen LogP contribution >= 0.6 is 12.4 Å². The smallest absolute Gasteiger partial charge is 0.280 e. The molecule has 3 heterocycles. The number of hydrogen-bond donors (Lipinski definition) is 2. The molecule has 12 heteroatoms. The number of aliphatic hydroxyl groups is 1. The molecule has 2 N–H and O–H groups in total. The minimum absolute atomic E-state index is 0. The molecule has 5 rings (SSSR count). The van der Waals surface area contributed by atoms with Crippen LogP contribution in [0.1, 0.15) is 15.9 Å². The number of rotatable bonds is 7. The summed E-state index contributed by atoms with van der Waals surface area (Å²) >= 11 is 0. The third kappa shape index (κ3) is 4.98. The van der Waals surface area contributed by atoms with Crippen molar-refractivity contribution in [3.63, 3.8) is 0 Å². The average Bonchev–Trinajstić information content (AvgIpc) is 3.25. The van der Waals surface area contributed by atoms with E-state index in [1.54, 1.807) is 23.0 Å². The first-order valence-electron chi connectivity index (χ1n) is 10.6. The Morgan fingerprint density at radius 3 is 2.61 bits per heavy atom. The van der Waals surface area contributed by atoms with E-state index in [0.29, 0.717) is 17.7 Å². The Bertz CT molecular complexity index is 1540. The molecule has 0 aliphatic heterocycles. The Labute approximate surface area is 209 Å². The van der Waals surface area contributed by atoms with Gasteiger partial charge in [0.1, 0.15) is 22.7 Å². The Balaban J connectivity index is 0.00000304. The van der Waals surface area contributed by atoms with Crippen molar-refractivity contribution in [1.82, 2.24) is 30.4 Å². The molecule has 5 aromatic rings. The predicted octanol–water partition coefficient (Wildman–Crippen LogP) is 3.44. The zero-order valence-electron chi connectivity index (χ0n) is 18.6. The van der Waals surface area contributed by atoms with Crippen LogP contribution in [0.4, 0.5) is 8.78 Å². The van der Waals surface area contributed by atoms with Crippen molar-refractivity contribution in [3.05, 3.63) is 83.6 Å². The van der Waals surface area contributed by atoms with Gasteiger partial charge in [0.25, 0.3) is 5.91 Å². The fraction of sp³-hybridized carbons (Fsp3) is 0.125. The van der Waals surface area contributed by atoms with Gasteiger partial charge in [-0.3, -0.25) is 14.6 Å². The highest BCUT2D eigenvalue weighted by atomic mass is 35.5. The van der Waals surface area contributed by atoms with E-state index in [4.69, 9.17) is 5.11 Å². The van der Waals surface area contributed by atoms with Crippen LogP contribution in [0.5, 0.6) is 0 Å². The molecule has 9 nitrogen and oxygen atoms in total. The van der Waals surface area contributed by atoms with E-state index in [9.17, 15) is 13.6 Å². The molecule has 0 fully saturated rings. The van der Waals surface area contributed by atoms with Crippen molar-refractivity contribution < 1.29 is 23.5 Å². The van der Waals surface area contributed by atoms with Crippen LogP contribution in [0.15, 0.2) is 60.8 Å². The second-order valence-corrected chi connectivity index (χ2v) is 7.63. The lowest BCUT2D eigenvalue weighted by Gasteiger charge is -2.09. The quantitative estimate of drug-likeness (QED) is 0.253. The van der Waals surface area contributed by atoms with Gasteiger partial charge in [-0.25, -0.2) is 23.9 Å². The average molecular weight is 513 g/mol. The van der Waals surface area contributed by atoms with Crippen molar-refractivity contribution in [2.45, 2.75) is 6.54 Å². The van der Waals surface area contributed by atoms with Gasteiger partial charge in [-0.2, -0.15) is 0 Å². The number of carbonyl (C=O) groups is 1. The summed E-state index contributed by atoms with van der Waals surface area (Å²) in [6, 6.07) is 14.9. The van der Waals surface area contributed by atoms with Gasteiger partial charge in [-0.1, -0.05) is 17.3 Å². The lowest BCUT2D eigenvalue weighted by Crippen LogP contribution is -2.27. The summed E-state index contributed by atoms with van der Waals surface area (Å²) in [7, 11) is 0. The van der Waals surface area contributed by atoms with E-state index in [0.717, 1.165) is 28.6 Å². The Morgan fingerprint density at radius 2 is 1.83 bits per heavy atom. The normalized spacial score (nSPS) is 11.0. The molecule has 0 aliphatic carbocycles. The van der Waals surface area contributed by atoms with Gasteiger partial charge in [0.2, 0.25) is 0 Å². The van der Waals surface area contributed by atoms with E-state index in [1.165, 1.54) is 0 Å². The Kier molecular flexibility index (Phi) is 7.44. The van der Waals surface area contributed by atoms with E-state index in [1.807, 2.05) is 35.8 Å². The highest BCUT2D eigenvalue weighted by Crippen LogP contribution is 2.25. The molecule has 0 saturated carbocycles. The molecule has 36 heavy (non-hydrogen) atoms. The maximum atomic E-state index is 14.6. The number of hydrogen-bond acceptors (Lipinski definition) is 7. The van der Waals surface area contributed by atoms with Crippen molar-refractivity contribution in [2.24, 2.45) is 0 Å². The third-order valence-corrected chi connectivity index (χ3v) is 5.28. The van der Waals surface area contributed by atoms with Gasteiger partial charge in [0.05, 0.1) is 31.0 Å². The van der Waals surface area contributed by atoms with Crippen molar-refractivity contribution in [1.29, 1.82) is 0 Å². The maximum Gasteiger partial charge on any atom is 0.280 e. The van der Waals surface area contributed by atoms with E-state index in [2.05, 4.69) is 25.1 Å². The van der Waals surface area contributed by atoms with Gasteiger partial charge in [-0.05, 0) is 48.0 Å². The number of nitrogens with zero attached hydrogens (tertiary/aromatic N) is 5. The van der Waals surface area contributed by atoms with Crippen LogP contribution in [0.25, 0.3) is 33.3 Å². The first-order valence-corrected chi connectivity index (χ1v) is 10.6. The minimum atomic E-state index is -1.10. The van der Waals surface area contributed by atoms with Gasteiger partial charge in [0.15, 0.2) is 5.65 Å². The summed E-state index contributed by atoms with van der Waals surface area (Å²) in [5.74, 6) is -3.26. The second kappa shape index (κ2) is 10.7. The molecule has 184 valence electrons. The van der Waals surface area contributed by atoms with Crippen LogP contribution in [0, 0.1) is 11.6 Å². The van der Waals surface area contributed by atoms with Gasteiger partial charge < -0.3 is 5.11 Å². The van der Waals surface area contributed by atoms with Crippen molar-refractivity contribution in [2.75, 3.05) is 13.2 Å². The number of carbonyl (C=O) groups excluding carboxylic acids is 1. The van der Waals surface area contributed by atoms with E-state index in [-0.39, 0.29) is 36.9 Å². The number of hydroxylamine groups is 1. The van der Waals surface area contributed by atoms with Gasteiger partial charge >= 0.3 is 0 Å². The van der Waals surface area contributed by atoms with Crippen LogP contribution < -0.4 is 5.48 Å². The maximum absolute atomic E-state index is 14.6. The summed E-state index contributed by atoms with van der Waals surface area (Å²) in [6.45, 7) is -0.190. The number of pyridine rings is 2. The number of nitrogens with one attached hydrogen (secondary N) is 1. The molecule has 0 aliphatic rings. The molecule has 0 radical (unpaired) electrons. The topological polar surface area (TPSA) is 115 Å². The standard InChI is InChI=1S/C24H18F2N6O3.ClH/c25-17-11-16(12-18(26)22(17)24(34)30-35-9-8-33)20-5-6-21-23(28-20)32(31-29-21)13-14-3-4-19-15(10-14)2-1-7-27-19;/h1-7,10-12,33H,8-9,13H2,(H,30,34);1H. The lowest BCUT2D eigenvalue weighted by atomic mass is 10.1. The third-order valence-electron chi connectivity index (χ3n) is 5.28. The zero-order chi connectivity index (χ0) is 24.4. The second-order valence-electron chi connectivity index (χ2n) is 7.63. The first-order chi connectivity index (χ1) is 17.0. The molecule has 0 bridgehead atoms. The molecule has 2 aromatic carbocycles. The number of benzene rings is 2. The van der Waals surface area contributed by atoms with Crippen molar-refractivity contribution >= 4 is 40.4 Å². The number of amides is 1. The summed E-state index contributed by atoms with van der Waals surface area (Å²) in [5.41, 5.74) is 4.30. The first kappa shape index (κ1) is 25.0. The van der Waals surface area contributed by atoms with Gasteiger partial charge in [-0.15, -0.1) is 17.5 Å². The molecule has 0 atom stereocenters. The monoisotopic (exact) mass is 512 g/mol. The number of aliphatic hydroxyl groups excluding tert-OH is 1. The summed E-state index contributed by atoms with van der Waals surface area (Å²) in [6.07, 6.45) is 1.73. The molecule has 1 amide bonds. The number of aromatic nitrogens is 5. The summed E-state index contributed by atoms with van der Waals surface area (Å²) in [5, 5.41) is 18.0. The van der Waals surface area contributed by atoms with Crippen LogP contribution in [-0.4, -0.2) is 49.2 Å². The molecular weight excluding hydrogens is 494 g/mol. The minimum Gasteiger partial charge on any atom is -0.394 e. The highest BCUT2D eigenvalue weighted by molar-refractivity contribution is 5.94. The largest absolute Gasteiger partial charge is 0.394 e. The van der Waals surface area contributed by atoms with Crippen LogP contribution in [0.3, 0.4) is 0 Å². The lowest BCUT2D eigenvalue weighted by molar-refractivity contribution is 0.0162. The fourth-order valence-electron chi connectivity index (χ4n) is 3.67. The molecule has 0 unspecified atom stereocenters. The molecule has 3 aromatic heterocycles. The number of fused-ring (bicyclic) bond motifs is 2. The van der Waals surface area contributed by atoms with Crippen molar-refractivity contribution in [3.8, 4) is 11.3 Å². The van der Waals surface area contributed by atoms with Gasteiger partial charge in [0, 0.05) is 17.1 Å². The van der Waals surface area contributed by atoms with E-state index >= 15 is 0 Å². The summed E-state index contributed by atoms with van der Waals surface area (Å²) < 4.78 is 30.9. The zero-order valence-corrected chi connectivity index (χ0v) is 19.4. The number of halogens is 3. The fourth-order valence-corrected chi connectivity index (χ4v) is 3.67. The molecular formula is C24H19ClF2N6O3. The Morgan fingerprint density at radius 1 is 1.06 bits per heavy atom. The predicted molar refractivity (Wildman–Crippen MR) is 129 cm³/mol. The molecule has 0 spiro atoms. The summed E-state index contributed by atoms with van der Waals surface area (Å²) in [4.78, 5) is 25.5. The Hall–Kier alpha value is -4.06. The molecule has 0 saturated heterocycles. The SMILES string of the molecule is Cl.O=C(NOCCO)c1c(F)cc(-c2ccc3nnn(Cc4ccc5ncccc5c4)c3n2)cc1F. The van der Waals surface area contributed by atoms with E-state index < -0.39 is 23.1 Å². The van der Waals surface area contributed by atoms with Crippen LogP contribution in [-0.2, 0) is 11.4 Å². The van der Waals surface area contributed by atoms with Crippen LogP contribution in [0.2, 0.25) is 0 Å².